The molecule has 0 spiro atoms. The normalized spacial score (nSPS) is 15.8. The lowest BCUT2D eigenvalue weighted by atomic mass is 9.91. The zero-order valence-electron chi connectivity index (χ0n) is 18.4. The lowest BCUT2D eigenvalue weighted by molar-refractivity contribution is -0.137. The van der Waals surface area contributed by atoms with Crippen LogP contribution < -0.4 is 4.74 Å². The minimum atomic E-state index is -4.51. The highest BCUT2D eigenvalue weighted by Gasteiger charge is 2.36. The molecule has 1 unspecified atom stereocenters. The van der Waals surface area contributed by atoms with E-state index in [1.54, 1.807) is 13.2 Å². The number of hydrogen-bond donors (Lipinski definition) is 1. The molecule has 1 N–H and O–H groups in total. The number of fused-ring (bicyclic) bond motifs is 3. The molecule has 9 heteroatoms. The van der Waals surface area contributed by atoms with Gasteiger partial charge >= 0.3 is 6.18 Å². The molecular formula is C26H19F5N2O2. The van der Waals surface area contributed by atoms with Gasteiger partial charge in [0, 0.05) is 34.8 Å². The highest BCUT2D eigenvalue weighted by atomic mass is 19.4. The summed E-state index contributed by atoms with van der Waals surface area (Å²) in [5.74, 6) is -1.78. The predicted molar refractivity (Wildman–Crippen MR) is 119 cm³/mol. The van der Waals surface area contributed by atoms with Gasteiger partial charge in [-0.1, -0.05) is 12.1 Å². The van der Waals surface area contributed by atoms with Gasteiger partial charge in [-0.25, -0.2) is 8.78 Å². The number of nitrogens with one attached hydrogen (secondary N) is 1. The third kappa shape index (κ3) is 4.11. The van der Waals surface area contributed by atoms with Crippen LogP contribution in [0, 0.1) is 11.6 Å². The van der Waals surface area contributed by atoms with Crippen molar-refractivity contribution in [1.82, 2.24) is 9.88 Å². The molecule has 0 aliphatic carbocycles. The number of methoxy groups -OCH3 is 1. The summed E-state index contributed by atoms with van der Waals surface area (Å²) in [6.07, 6.45) is -4.08. The van der Waals surface area contributed by atoms with Crippen molar-refractivity contribution < 1.29 is 31.5 Å². The van der Waals surface area contributed by atoms with E-state index in [4.69, 9.17) is 4.74 Å². The van der Waals surface area contributed by atoms with Crippen LogP contribution in [0.5, 0.6) is 5.75 Å². The number of ether oxygens (including phenoxy) is 1. The molecule has 0 radical (unpaired) electrons. The number of aromatic amines is 1. The van der Waals surface area contributed by atoms with Crippen molar-refractivity contribution in [2.75, 3.05) is 13.7 Å². The van der Waals surface area contributed by atoms with Crippen molar-refractivity contribution in [2.24, 2.45) is 0 Å². The molecule has 0 fully saturated rings. The number of carbonyl (C=O) groups is 1. The van der Waals surface area contributed by atoms with Crippen LogP contribution in [0.25, 0.3) is 10.9 Å². The van der Waals surface area contributed by atoms with Gasteiger partial charge in [0.25, 0.3) is 5.91 Å². The number of alkyl halides is 3. The topological polar surface area (TPSA) is 45.3 Å². The molecule has 5 rings (SSSR count). The number of H-pyrrole nitrogens is 1. The van der Waals surface area contributed by atoms with E-state index >= 15 is 0 Å². The Balaban J connectivity index is 1.65. The number of rotatable bonds is 3. The summed E-state index contributed by atoms with van der Waals surface area (Å²) in [4.78, 5) is 18.1. The Labute approximate surface area is 196 Å². The lowest BCUT2D eigenvalue weighted by Gasteiger charge is -2.36. The zero-order chi connectivity index (χ0) is 24.9. The van der Waals surface area contributed by atoms with Gasteiger partial charge < -0.3 is 14.6 Å². The van der Waals surface area contributed by atoms with Crippen LogP contribution >= 0.6 is 0 Å². The van der Waals surface area contributed by atoms with Crippen molar-refractivity contribution in [1.29, 1.82) is 0 Å². The van der Waals surface area contributed by atoms with Gasteiger partial charge in [-0.05, 0) is 60.0 Å². The third-order valence-electron chi connectivity index (χ3n) is 6.26. The Morgan fingerprint density at radius 1 is 1.00 bits per heavy atom. The fourth-order valence-electron chi connectivity index (χ4n) is 4.66. The smallest absolute Gasteiger partial charge is 0.416 e. The summed E-state index contributed by atoms with van der Waals surface area (Å²) >= 11 is 0. The molecule has 1 aromatic heterocycles. The Bertz CT molecular complexity index is 1410. The van der Waals surface area contributed by atoms with Gasteiger partial charge in [0.15, 0.2) is 0 Å². The highest BCUT2D eigenvalue weighted by Crippen LogP contribution is 2.41. The molecule has 1 atom stereocenters. The first-order chi connectivity index (χ1) is 16.7. The monoisotopic (exact) mass is 486 g/mol. The zero-order valence-corrected chi connectivity index (χ0v) is 18.4. The molecule has 2 heterocycles. The van der Waals surface area contributed by atoms with Gasteiger partial charge in [-0.3, -0.25) is 4.79 Å². The van der Waals surface area contributed by atoms with Gasteiger partial charge in [-0.2, -0.15) is 13.2 Å². The van der Waals surface area contributed by atoms with Crippen molar-refractivity contribution in [3.63, 3.8) is 0 Å². The maximum Gasteiger partial charge on any atom is 0.416 e. The second-order valence-electron chi connectivity index (χ2n) is 8.36. The van der Waals surface area contributed by atoms with E-state index in [0.717, 1.165) is 40.7 Å². The van der Waals surface area contributed by atoms with Gasteiger partial charge in [-0.15, -0.1) is 0 Å². The van der Waals surface area contributed by atoms with Crippen LogP contribution in [0.4, 0.5) is 22.0 Å². The van der Waals surface area contributed by atoms with Gasteiger partial charge in [0.1, 0.15) is 17.4 Å². The average molecular weight is 486 g/mol. The number of benzene rings is 3. The van der Waals surface area contributed by atoms with E-state index in [9.17, 15) is 26.7 Å². The van der Waals surface area contributed by atoms with Crippen LogP contribution in [0.15, 0.2) is 60.7 Å². The van der Waals surface area contributed by atoms with Crippen molar-refractivity contribution in [2.45, 2.75) is 18.6 Å². The molecular weight excluding hydrogens is 467 g/mol. The van der Waals surface area contributed by atoms with Gasteiger partial charge in [0.05, 0.1) is 18.7 Å². The summed E-state index contributed by atoms with van der Waals surface area (Å²) in [6.45, 7) is 0.194. The molecule has 4 nitrogen and oxygen atoms in total. The van der Waals surface area contributed by atoms with E-state index < -0.39 is 35.3 Å². The van der Waals surface area contributed by atoms with Crippen LogP contribution in [0.1, 0.15) is 38.8 Å². The van der Waals surface area contributed by atoms with E-state index in [2.05, 4.69) is 4.98 Å². The maximum atomic E-state index is 13.8. The molecule has 1 aliphatic rings. The first-order valence-corrected chi connectivity index (χ1v) is 10.8. The Kier molecular flexibility index (Phi) is 5.50. The van der Waals surface area contributed by atoms with Crippen LogP contribution in [0.2, 0.25) is 0 Å². The minimum absolute atomic E-state index is 0.180. The summed E-state index contributed by atoms with van der Waals surface area (Å²) in [5.41, 5.74) is 1.74. The molecule has 0 saturated heterocycles. The fourth-order valence-corrected chi connectivity index (χ4v) is 4.66. The van der Waals surface area contributed by atoms with E-state index in [-0.39, 0.29) is 12.1 Å². The lowest BCUT2D eigenvalue weighted by Crippen LogP contribution is -2.40. The first kappa shape index (κ1) is 22.9. The standard InChI is InChI=1S/C26H19F5N2O2/c1-35-19-6-7-22-21(13-19)20-8-9-33(25(34)15-10-17(27)12-18(28)11-15)24(23(20)32-22)14-2-4-16(5-3-14)26(29,30)31/h2-7,10-13,24,32H,8-9H2,1H3. The van der Waals surface area contributed by atoms with Crippen LogP contribution in [-0.2, 0) is 12.6 Å². The summed E-state index contributed by atoms with van der Waals surface area (Å²) < 4.78 is 72.5. The molecule has 3 aromatic carbocycles. The molecule has 180 valence electrons. The van der Waals surface area contributed by atoms with Crippen molar-refractivity contribution in [3.05, 3.63) is 100 Å². The number of amides is 1. The second-order valence-corrected chi connectivity index (χ2v) is 8.36. The molecule has 35 heavy (non-hydrogen) atoms. The van der Waals surface area contributed by atoms with Crippen LogP contribution in [-0.4, -0.2) is 29.4 Å². The van der Waals surface area contributed by atoms with Crippen molar-refractivity contribution >= 4 is 16.8 Å². The third-order valence-corrected chi connectivity index (χ3v) is 6.26. The first-order valence-electron chi connectivity index (χ1n) is 10.8. The predicted octanol–water partition coefficient (Wildman–Crippen LogP) is 6.26. The molecule has 0 bridgehead atoms. The Hall–Kier alpha value is -3.88. The Morgan fingerprint density at radius 3 is 2.31 bits per heavy atom. The molecule has 1 aliphatic heterocycles. The largest absolute Gasteiger partial charge is 0.497 e. The summed E-state index contributed by atoms with van der Waals surface area (Å²) in [5, 5.41) is 0.875. The van der Waals surface area contributed by atoms with Gasteiger partial charge in [0.2, 0.25) is 0 Å². The minimum Gasteiger partial charge on any atom is -0.497 e. The molecule has 4 aromatic rings. The molecule has 0 saturated carbocycles. The number of hydrogen-bond acceptors (Lipinski definition) is 2. The fraction of sp³-hybridized carbons (Fsp3) is 0.192. The SMILES string of the molecule is COc1ccc2[nH]c3c(c2c1)CCN(C(=O)c1cc(F)cc(F)c1)C3c1ccc(C(F)(F)F)cc1. The second kappa shape index (κ2) is 8.41. The van der Waals surface area contributed by atoms with E-state index in [0.29, 0.717) is 29.5 Å². The number of halogens is 5. The quantitative estimate of drug-likeness (QED) is 0.348. The number of carbonyl (C=O) groups excluding carboxylic acids is 1. The Morgan fingerprint density at radius 2 is 1.69 bits per heavy atom. The highest BCUT2D eigenvalue weighted by molar-refractivity contribution is 5.95. The number of nitrogens with zero attached hydrogens (tertiary/aromatic N) is 1. The van der Waals surface area contributed by atoms with Crippen LogP contribution in [0.3, 0.4) is 0 Å². The van der Waals surface area contributed by atoms with Crippen molar-refractivity contribution in [3.8, 4) is 5.75 Å². The average Bonchev–Trinajstić information content (AvgIpc) is 3.19. The van der Waals surface area contributed by atoms with E-state index in [1.165, 1.54) is 17.0 Å². The maximum absolute atomic E-state index is 13.8. The van der Waals surface area contributed by atoms with E-state index in [1.807, 2.05) is 12.1 Å². The summed E-state index contributed by atoms with van der Waals surface area (Å²) in [6, 6.07) is 11.8. The summed E-state index contributed by atoms with van der Waals surface area (Å²) in [7, 11) is 1.55. The number of aromatic nitrogens is 1. The molecule has 1 amide bonds.